The summed E-state index contributed by atoms with van der Waals surface area (Å²) in [5.74, 6) is 1.81. The molecule has 0 fully saturated rings. The topological polar surface area (TPSA) is 18.5 Å². The number of ether oxygens (including phenoxy) is 2. The molecule has 0 heterocycles. The Bertz CT molecular complexity index is 200. The zero-order valence-corrected chi connectivity index (χ0v) is 13.0. The third-order valence-electron chi connectivity index (χ3n) is 1.67. The summed E-state index contributed by atoms with van der Waals surface area (Å²) in [7, 11) is -1.28. The Morgan fingerprint density at radius 2 is 1.31 bits per heavy atom. The minimum atomic E-state index is -1.28. The standard InChI is InChI=1S/C13H28O2Si/c1-11(2)8-14-13(10-16(5,6)7)15-9-12(3)4/h10-12H,8-9H2,1-7H3. The van der Waals surface area contributed by atoms with E-state index in [1.54, 1.807) is 0 Å². The van der Waals surface area contributed by atoms with E-state index in [1.165, 1.54) is 0 Å². The van der Waals surface area contributed by atoms with Crippen molar-refractivity contribution >= 4 is 8.07 Å². The predicted molar refractivity (Wildman–Crippen MR) is 73.0 cm³/mol. The van der Waals surface area contributed by atoms with Gasteiger partial charge in [-0.3, -0.25) is 0 Å². The van der Waals surface area contributed by atoms with Gasteiger partial charge in [0.05, 0.1) is 21.3 Å². The van der Waals surface area contributed by atoms with Crippen LogP contribution in [0.25, 0.3) is 0 Å². The van der Waals surface area contributed by atoms with Crippen LogP contribution in [0.1, 0.15) is 27.7 Å². The second-order valence-electron chi connectivity index (χ2n) is 6.24. The molecule has 0 aliphatic heterocycles. The fraction of sp³-hybridized carbons (Fsp3) is 0.846. The molecule has 0 atom stereocenters. The highest BCUT2D eigenvalue weighted by Crippen LogP contribution is 2.12. The minimum Gasteiger partial charge on any atom is -0.466 e. The lowest BCUT2D eigenvalue weighted by Crippen LogP contribution is -2.19. The molecule has 0 N–H and O–H groups in total. The van der Waals surface area contributed by atoms with Gasteiger partial charge in [-0.2, -0.15) is 0 Å². The van der Waals surface area contributed by atoms with Gasteiger partial charge < -0.3 is 9.47 Å². The first-order valence-electron chi connectivity index (χ1n) is 6.19. The van der Waals surface area contributed by atoms with Crippen LogP contribution in [0, 0.1) is 11.8 Å². The lowest BCUT2D eigenvalue weighted by molar-refractivity contribution is 0.0160. The van der Waals surface area contributed by atoms with Gasteiger partial charge in [-0.05, 0) is 17.5 Å². The van der Waals surface area contributed by atoms with Gasteiger partial charge in [0.1, 0.15) is 0 Å². The van der Waals surface area contributed by atoms with E-state index in [2.05, 4.69) is 53.0 Å². The smallest absolute Gasteiger partial charge is 0.270 e. The maximum atomic E-state index is 5.70. The van der Waals surface area contributed by atoms with Gasteiger partial charge in [-0.1, -0.05) is 47.3 Å². The Morgan fingerprint density at radius 3 is 1.56 bits per heavy atom. The summed E-state index contributed by atoms with van der Waals surface area (Å²) >= 11 is 0. The molecule has 0 radical (unpaired) electrons. The maximum Gasteiger partial charge on any atom is 0.270 e. The van der Waals surface area contributed by atoms with Crippen molar-refractivity contribution in [3.63, 3.8) is 0 Å². The SMILES string of the molecule is CC(C)COC(=C[Si](C)(C)C)OCC(C)C. The highest BCUT2D eigenvalue weighted by Gasteiger charge is 2.14. The number of hydrogen-bond donors (Lipinski definition) is 0. The van der Waals surface area contributed by atoms with E-state index in [1.807, 2.05) is 0 Å². The van der Waals surface area contributed by atoms with Gasteiger partial charge in [0.15, 0.2) is 0 Å². The van der Waals surface area contributed by atoms with Crippen molar-refractivity contribution in [2.45, 2.75) is 47.3 Å². The summed E-state index contributed by atoms with van der Waals surface area (Å²) < 4.78 is 11.4. The minimum absolute atomic E-state index is 0.535. The van der Waals surface area contributed by atoms with Crippen LogP contribution in [0.15, 0.2) is 11.6 Å². The highest BCUT2D eigenvalue weighted by molar-refractivity contribution is 6.81. The summed E-state index contributed by atoms with van der Waals surface area (Å²) in [4.78, 5) is 0. The first kappa shape index (κ1) is 15.6. The van der Waals surface area contributed by atoms with Crippen LogP contribution >= 0.6 is 0 Å². The Kier molecular flexibility index (Phi) is 6.80. The molecular weight excluding hydrogens is 216 g/mol. The summed E-state index contributed by atoms with van der Waals surface area (Å²) in [5.41, 5.74) is 2.19. The second kappa shape index (κ2) is 7.00. The van der Waals surface area contributed by atoms with Crippen LogP contribution in [-0.2, 0) is 9.47 Å². The lowest BCUT2D eigenvalue weighted by Gasteiger charge is -2.18. The lowest BCUT2D eigenvalue weighted by atomic mass is 10.2. The predicted octanol–water partition coefficient (Wildman–Crippen LogP) is 4.05. The molecule has 0 rings (SSSR count). The van der Waals surface area contributed by atoms with Crippen molar-refractivity contribution in [3.8, 4) is 0 Å². The van der Waals surface area contributed by atoms with Crippen molar-refractivity contribution in [2.75, 3.05) is 13.2 Å². The Labute approximate surface area is 102 Å². The summed E-state index contributed by atoms with van der Waals surface area (Å²) in [6.07, 6.45) is 0. The van der Waals surface area contributed by atoms with E-state index in [-0.39, 0.29) is 0 Å². The molecule has 0 unspecified atom stereocenters. The molecule has 3 heteroatoms. The molecule has 0 spiro atoms. The Balaban J connectivity index is 4.33. The van der Waals surface area contributed by atoms with E-state index >= 15 is 0 Å². The first-order chi connectivity index (χ1) is 7.20. The molecule has 16 heavy (non-hydrogen) atoms. The number of rotatable bonds is 7. The van der Waals surface area contributed by atoms with Crippen LogP contribution in [0.4, 0.5) is 0 Å². The molecule has 0 bridgehead atoms. The van der Waals surface area contributed by atoms with Crippen LogP contribution < -0.4 is 0 Å². The molecule has 0 amide bonds. The fourth-order valence-corrected chi connectivity index (χ4v) is 1.85. The molecule has 0 aromatic rings. The maximum absolute atomic E-state index is 5.70. The molecule has 0 aliphatic rings. The average molecular weight is 244 g/mol. The molecule has 0 saturated heterocycles. The van der Waals surface area contributed by atoms with Crippen molar-refractivity contribution in [3.05, 3.63) is 11.6 Å². The van der Waals surface area contributed by atoms with Gasteiger partial charge in [-0.25, -0.2) is 0 Å². The molecule has 0 aromatic heterocycles. The average Bonchev–Trinajstić information content (AvgIpc) is 2.07. The van der Waals surface area contributed by atoms with E-state index in [9.17, 15) is 0 Å². The molecule has 2 nitrogen and oxygen atoms in total. The molecular formula is C13H28O2Si. The van der Waals surface area contributed by atoms with Crippen LogP contribution in [0.5, 0.6) is 0 Å². The third kappa shape index (κ3) is 10.1. The van der Waals surface area contributed by atoms with Crippen molar-refractivity contribution in [1.82, 2.24) is 0 Å². The monoisotopic (exact) mass is 244 g/mol. The molecule has 0 aliphatic carbocycles. The molecule has 0 aromatic carbocycles. The highest BCUT2D eigenvalue weighted by atomic mass is 28.3. The van der Waals surface area contributed by atoms with Crippen molar-refractivity contribution in [1.29, 1.82) is 0 Å². The first-order valence-corrected chi connectivity index (χ1v) is 9.77. The van der Waals surface area contributed by atoms with Crippen LogP contribution in [0.3, 0.4) is 0 Å². The van der Waals surface area contributed by atoms with Crippen LogP contribution in [0.2, 0.25) is 19.6 Å². The van der Waals surface area contributed by atoms with E-state index in [4.69, 9.17) is 9.47 Å². The van der Waals surface area contributed by atoms with Crippen molar-refractivity contribution in [2.24, 2.45) is 11.8 Å². The quantitative estimate of drug-likeness (QED) is 0.497. The van der Waals surface area contributed by atoms with Gasteiger partial charge >= 0.3 is 0 Å². The molecule has 0 saturated carbocycles. The summed E-state index contributed by atoms with van der Waals surface area (Å²) in [5, 5.41) is 0. The third-order valence-corrected chi connectivity index (χ3v) is 2.77. The van der Waals surface area contributed by atoms with Gasteiger partial charge in [0.2, 0.25) is 0 Å². The van der Waals surface area contributed by atoms with E-state index in [0.717, 1.165) is 19.2 Å². The zero-order chi connectivity index (χ0) is 12.8. The van der Waals surface area contributed by atoms with Crippen molar-refractivity contribution < 1.29 is 9.47 Å². The number of hydrogen-bond acceptors (Lipinski definition) is 2. The van der Waals surface area contributed by atoms with E-state index < -0.39 is 8.07 Å². The van der Waals surface area contributed by atoms with Gasteiger partial charge in [0, 0.05) is 0 Å². The zero-order valence-electron chi connectivity index (χ0n) is 12.0. The fourth-order valence-electron chi connectivity index (χ4n) is 0.976. The van der Waals surface area contributed by atoms with E-state index in [0.29, 0.717) is 11.8 Å². The largest absolute Gasteiger partial charge is 0.466 e. The normalized spacial score (nSPS) is 11.8. The Hall–Kier alpha value is -0.443. The van der Waals surface area contributed by atoms with Gasteiger partial charge in [0.25, 0.3) is 5.95 Å². The molecule has 96 valence electrons. The van der Waals surface area contributed by atoms with Gasteiger partial charge in [-0.15, -0.1) is 0 Å². The summed E-state index contributed by atoms with van der Waals surface area (Å²) in [6, 6.07) is 0. The van der Waals surface area contributed by atoms with Crippen LogP contribution in [-0.4, -0.2) is 21.3 Å². The second-order valence-corrected chi connectivity index (χ2v) is 11.3. The summed E-state index contributed by atoms with van der Waals surface area (Å²) in [6.45, 7) is 16.9. The Morgan fingerprint density at radius 1 is 0.938 bits per heavy atom.